The molecule has 1 fully saturated rings. The van der Waals surface area contributed by atoms with Crippen molar-refractivity contribution in [3.63, 3.8) is 0 Å². The number of aromatic nitrogens is 1. The number of carbonyl (C=O) groups is 1. The minimum Gasteiger partial charge on any atom is -0.492 e. The number of rotatable bonds is 5. The van der Waals surface area contributed by atoms with E-state index in [4.69, 9.17) is 10.5 Å². The van der Waals surface area contributed by atoms with Crippen molar-refractivity contribution in [2.45, 2.75) is 12.8 Å². The number of likely N-dealkylation sites (tertiary alicyclic amines) is 1. The first-order valence-electron chi connectivity index (χ1n) is 11.2. The van der Waals surface area contributed by atoms with E-state index in [9.17, 15) is 9.00 Å². The van der Waals surface area contributed by atoms with E-state index in [0.717, 1.165) is 24.1 Å². The first-order chi connectivity index (χ1) is 16.6. The molecular formula is C25H25N5O3S. The van der Waals surface area contributed by atoms with Gasteiger partial charge in [-0.2, -0.15) is 4.40 Å². The third-order valence-electron chi connectivity index (χ3n) is 6.02. The molecule has 3 N–H and O–H groups in total. The molecule has 8 nitrogen and oxygen atoms in total. The fourth-order valence-corrected chi connectivity index (χ4v) is 5.03. The highest BCUT2D eigenvalue weighted by molar-refractivity contribution is 7.85. The summed E-state index contributed by atoms with van der Waals surface area (Å²) in [7, 11) is 0. The molecule has 2 aromatic carbocycles. The summed E-state index contributed by atoms with van der Waals surface area (Å²) in [4.78, 5) is 19.6. The van der Waals surface area contributed by atoms with Crippen LogP contribution in [0, 0.1) is 5.92 Å². The third kappa shape index (κ3) is 4.65. The highest BCUT2D eigenvalue weighted by Crippen LogP contribution is 2.30. The second-order valence-corrected chi connectivity index (χ2v) is 9.26. The molecule has 2 atom stereocenters. The summed E-state index contributed by atoms with van der Waals surface area (Å²) in [5.74, 6) is 0.973. The second-order valence-electron chi connectivity index (χ2n) is 8.37. The first kappa shape index (κ1) is 22.1. The van der Waals surface area contributed by atoms with Crippen LogP contribution in [0.2, 0.25) is 0 Å². The number of carbonyl (C=O) groups excluding carboxylic acids is 1. The Morgan fingerprint density at radius 1 is 1.18 bits per heavy atom. The highest BCUT2D eigenvalue weighted by atomic mass is 32.2. The van der Waals surface area contributed by atoms with E-state index in [1.54, 1.807) is 18.3 Å². The monoisotopic (exact) mass is 475 g/mol. The summed E-state index contributed by atoms with van der Waals surface area (Å²) in [6, 6.07) is 18.9. The van der Waals surface area contributed by atoms with Crippen molar-refractivity contribution in [2.24, 2.45) is 16.0 Å². The average molecular weight is 476 g/mol. The van der Waals surface area contributed by atoms with Crippen LogP contribution in [-0.4, -0.2) is 45.5 Å². The second kappa shape index (κ2) is 9.64. The molecule has 174 valence electrons. The molecule has 1 aromatic heterocycles. The maximum Gasteiger partial charge on any atom is 0.253 e. The standard InChI is InChI=1S/C25H25N5O3S/c26-24-23-20(28-34(32)29-24)9-4-10-22(23)33-16-17-6-5-13-30(15-17)25(31)19-11-12-27-21(14-19)18-7-2-1-3-8-18/h1-4,7-12,14,17,28H,5-6,13,15-16H2,(H2,26,29). The van der Waals surface area contributed by atoms with Gasteiger partial charge in [0.25, 0.3) is 5.91 Å². The molecule has 1 saturated heterocycles. The molecule has 9 heteroatoms. The Balaban J connectivity index is 1.26. The van der Waals surface area contributed by atoms with Gasteiger partial charge in [0.1, 0.15) is 11.6 Å². The van der Waals surface area contributed by atoms with Crippen LogP contribution in [0.25, 0.3) is 11.3 Å². The van der Waals surface area contributed by atoms with E-state index < -0.39 is 11.2 Å². The van der Waals surface area contributed by atoms with Crippen molar-refractivity contribution < 1.29 is 13.7 Å². The van der Waals surface area contributed by atoms with Crippen molar-refractivity contribution in [3.05, 3.63) is 78.0 Å². The Morgan fingerprint density at radius 2 is 2.03 bits per heavy atom. The van der Waals surface area contributed by atoms with E-state index in [2.05, 4.69) is 14.1 Å². The molecule has 0 aliphatic carbocycles. The van der Waals surface area contributed by atoms with Gasteiger partial charge in [-0.25, -0.2) is 4.21 Å². The van der Waals surface area contributed by atoms with E-state index in [0.29, 0.717) is 42.3 Å². The van der Waals surface area contributed by atoms with Crippen LogP contribution in [0.3, 0.4) is 0 Å². The highest BCUT2D eigenvalue weighted by Gasteiger charge is 2.26. The summed E-state index contributed by atoms with van der Waals surface area (Å²) in [6.45, 7) is 1.78. The lowest BCUT2D eigenvalue weighted by molar-refractivity contribution is 0.0633. The number of anilines is 1. The van der Waals surface area contributed by atoms with Crippen LogP contribution < -0.4 is 15.2 Å². The molecule has 2 aliphatic rings. The number of hydrogen-bond donors (Lipinski definition) is 2. The molecule has 0 bridgehead atoms. The first-order valence-corrected chi connectivity index (χ1v) is 12.3. The van der Waals surface area contributed by atoms with Gasteiger partial charge >= 0.3 is 0 Å². The van der Waals surface area contributed by atoms with E-state index in [1.165, 1.54) is 0 Å². The molecule has 0 saturated carbocycles. The zero-order chi connectivity index (χ0) is 23.5. The molecule has 1 amide bonds. The fourth-order valence-electron chi connectivity index (χ4n) is 4.36. The van der Waals surface area contributed by atoms with E-state index in [1.807, 2.05) is 53.4 Å². The summed E-state index contributed by atoms with van der Waals surface area (Å²) in [5.41, 5.74) is 9.66. The van der Waals surface area contributed by atoms with Crippen LogP contribution in [0.1, 0.15) is 28.8 Å². The van der Waals surface area contributed by atoms with Crippen molar-refractivity contribution >= 4 is 28.6 Å². The molecule has 0 spiro atoms. The molecule has 0 radical (unpaired) electrons. The molecule has 5 rings (SSSR count). The predicted octanol–water partition coefficient (Wildman–Crippen LogP) is 3.39. The van der Waals surface area contributed by atoms with Crippen molar-refractivity contribution in [1.82, 2.24) is 9.88 Å². The normalized spacial score (nSPS) is 19.5. The van der Waals surface area contributed by atoms with E-state index >= 15 is 0 Å². The molecule has 3 heterocycles. The lowest BCUT2D eigenvalue weighted by Crippen LogP contribution is -2.41. The topological polar surface area (TPSA) is 110 Å². The maximum atomic E-state index is 13.3. The van der Waals surface area contributed by atoms with Gasteiger partial charge in [-0.1, -0.05) is 36.4 Å². The van der Waals surface area contributed by atoms with Crippen molar-refractivity contribution in [1.29, 1.82) is 0 Å². The van der Waals surface area contributed by atoms with Gasteiger partial charge in [0, 0.05) is 36.3 Å². The third-order valence-corrected chi connectivity index (χ3v) is 6.78. The minimum absolute atomic E-state index is 0.00410. The fraction of sp³-hybridized carbons (Fsp3) is 0.240. The van der Waals surface area contributed by atoms with Gasteiger partial charge in [-0.3, -0.25) is 14.5 Å². The van der Waals surface area contributed by atoms with Gasteiger partial charge < -0.3 is 15.4 Å². The number of nitrogens with one attached hydrogen (secondary N) is 1. The number of nitrogens with two attached hydrogens (primary N) is 1. The smallest absolute Gasteiger partial charge is 0.253 e. The number of fused-ring (bicyclic) bond motifs is 1. The Morgan fingerprint density at radius 3 is 2.88 bits per heavy atom. The van der Waals surface area contributed by atoms with Crippen LogP contribution in [-0.2, 0) is 11.2 Å². The Hall–Kier alpha value is -3.72. The van der Waals surface area contributed by atoms with Crippen molar-refractivity contribution in [2.75, 3.05) is 24.4 Å². The Labute approximate surface area is 200 Å². The van der Waals surface area contributed by atoms with Crippen LogP contribution in [0.15, 0.2) is 71.3 Å². The van der Waals surface area contributed by atoms with Crippen LogP contribution in [0.4, 0.5) is 5.69 Å². The zero-order valence-electron chi connectivity index (χ0n) is 18.5. The quantitative estimate of drug-likeness (QED) is 0.588. The van der Waals surface area contributed by atoms with Gasteiger partial charge in [-0.15, -0.1) is 0 Å². The lowest BCUT2D eigenvalue weighted by atomic mass is 9.98. The van der Waals surface area contributed by atoms with Crippen LogP contribution >= 0.6 is 0 Å². The predicted molar refractivity (Wildman–Crippen MR) is 133 cm³/mol. The molecular weight excluding hydrogens is 450 g/mol. The molecule has 2 aliphatic heterocycles. The number of piperidine rings is 1. The molecule has 3 aromatic rings. The number of amidine groups is 1. The Bertz CT molecular complexity index is 1260. The largest absolute Gasteiger partial charge is 0.492 e. The molecule has 34 heavy (non-hydrogen) atoms. The minimum atomic E-state index is -1.58. The summed E-state index contributed by atoms with van der Waals surface area (Å²) >= 11 is -1.58. The Kier molecular flexibility index (Phi) is 6.27. The maximum absolute atomic E-state index is 13.3. The average Bonchev–Trinajstić information content (AvgIpc) is 2.87. The van der Waals surface area contributed by atoms with Gasteiger partial charge in [0.2, 0.25) is 11.2 Å². The van der Waals surface area contributed by atoms with Crippen molar-refractivity contribution in [3.8, 4) is 17.0 Å². The lowest BCUT2D eigenvalue weighted by Gasteiger charge is -2.33. The number of hydrogen-bond acceptors (Lipinski definition) is 5. The van der Waals surface area contributed by atoms with Gasteiger partial charge in [0.05, 0.1) is 23.6 Å². The molecule has 2 unspecified atom stereocenters. The zero-order valence-corrected chi connectivity index (χ0v) is 19.3. The van der Waals surface area contributed by atoms with Gasteiger partial charge in [0.15, 0.2) is 0 Å². The number of amides is 1. The summed E-state index contributed by atoms with van der Waals surface area (Å²) in [5, 5.41) is 0. The van der Waals surface area contributed by atoms with Gasteiger partial charge in [-0.05, 0) is 37.1 Å². The number of nitrogens with zero attached hydrogens (tertiary/aromatic N) is 3. The summed E-state index contributed by atoms with van der Waals surface area (Å²) in [6.07, 6.45) is 3.56. The van der Waals surface area contributed by atoms with E-state index in [-0.39, 0.29) is 17.7 Å². The summed E-state index contributed by atoms with van der Waals surface area (Å²) < 4.78 is 24.5. The number of pyridine rings is 1. The number of benzene rings is 2. The SMILES string of the molecule is NC1=NS(=O)Nc2cccc(OCC3CCCN(C(=O)c4ccnc(-c5ccccc5)c4)C3)c21. The number of ether oxygens (including phenoxy) is 1. The van der Waals surface area contributed by atoms with Crippen LogP contribution in [0.5, 0.6) is 5.75 Å².